The molecule has 1 aliphatic rings. The number of benzene rings is 1. The number of nitro groups is 1. The molecule has 1 aromatic rings. The SMILES string of the molecule is COc1ccc(NCC2CCCS2(=O)=O)c([N+](=O)[O-])c1. The predicted molar refractivity (Wildman–Crippen MR) is 74.9 cm³/mol. The highest BCUT2D eigenvalue weighted by molar-refractivity contribution is 7.92. The molecule has 1 aliphatic heterocycles. The van der Waals surface area contributed by atoms with Gasteiger partial charge in [-0.05, 0) is 25.0 Å². The molecule has 1 heterocycles. The highest BCUT2D eigenvalue weighted by Crippen LogP contribution is 2.29. The quantitative estimate of drug-likeness (QED) is 0.655. The zero-order chi connectivity index (χ0) is 14.8. The van der Waals surface area contributed by atoms with Crippen LogP contribution in [0.1, 0.15) is 12.8 Å². The Bertz CT molecular complexity index is 614. The van der Waals surface area contributed by atoms with E-state index in [0.717, 1.165) is 0 Å². The fourth-order valence-electron chi connectivity index (χ4n) is 2.25. The molecule has 0 saturated carbocycles. The van der Waals surface area contributed by atoms with Crippen molar-refractivity contribution < 1.29 is 18.1 Å². The number of nitrogens with zero attached hydrogens (tertiary/aromatic N) is 1. The molecule has 0 bridgehead atoms. The molecule has 0 aliphatic carbocycles. The highest BCUT2D eigenvalue weighted by atomic mass is 32.2. The van der Waals surface area contributed by atoms with E-state index in [9.17, 15) is 18.5 Å². The number of nitrogens with one attached hydrogen (secondary N) is 1. The van der Waals surface area contributed by atoms with E-state index < -0.39 is 20.0 Å². The summed E-state index contributed by atoms with van der Waals surface area (Å²) in [5.41, 5.74) is 0.178. The van der Waals surface area contributed by atoms with Crippen LogP contribution in [0.3, 0.4) is 0 Å². The zero-order valence-electron chi connectivity index (χ0n) is 11.0. The second kappa shape index (κ2) is 5.66. The lowest BCUT2D eigenvalue weighted by molar-refractivity contribution is -0.384. The Morgan fingerprint density at radius 1 is 1.50 bits per heavy atom. The largest absolute Gasteiger partial charge is 0.496 e. The summed E-state index contributed by atoms with van der Waals surface area (Å²) in [4.78, 5) is 10.5. The average molecular weight is 300 g/mol. The minimum Gasteiger partial charge on any atom is -0.496 e. The molecule has 1 fully saturated rings. The van der Waals surface area contributed by atoms with Crippen LogP contribution in [0.2, 0.25) is 0 Å². The van der Waals surface area contributed by atoms with Crippen LogP contribution < -0.4 is 10.1 Å². The number of anilines is 1. The second-order valence-electron chi connectivity index (χ2n) is 4.65. The maximum absolute atomic E-state index is 11.7. The van der Waals surface area contributed by atoms with Crippen LogP contribution in [0.25, 0.3) is 0 Å². The predicted octanol–water partition coefficient (Wildman–Crippen LogP) is 1.59. The number of hydrogen-bond acceptors (Lipinski definition) is 6. The van der Waals surface area contributed by atoms with Crippen molar-refractivity contribution in [3.05, 3.63) is 28.3 Å². The lowest BCUT2D eigenvalue weighted by Crippen LogP contribution is -2.25. The normalized spacial score (nSPS) is 20.6. The summed E-state index contributed by atoms with van der Waals surface area (Å²) in [6.07, 6.45) is 1.25. The van der Waals surface area contributed by atoms with E-state index in [1.54, 1.807) is 6.07 Å². The van der Waals surface area contributed by atoms with Gasteiger partial charge in [0.15, 0.2) is 9.84 Å². The van der Waals surface area contributed by atoms with Crippen LogP contribution in [0, 0.1) is 10.1 Å². The van der Waals surface area contributed by atoms with Gasteiger partial charge in [-0.2, -0.15) is 0 Å². The van der Waals surface area contributed by atoms with Crippen molar-refractivity contribution >= 4 is 21.2 Å². The highest BCUT2D eigenvalue weighted by Gasteiger charge is 2.31. The minimum absolute atomic E-state index is 0.125. The van der Waals surface area contributed by atoms with Gasteiger partial charge >= 0.3 is 0 Å². The molecular weight excluding hydrogens is 284 g/mol. The first-order valence-electron chi connectivity index (χ1n) is 6.22. The Morgan fingerprint density at radius 2 is 2.25 bits per heavy atom. The van der Waals surface area contributed by atoms with E-state index in [0.29, 0.717) is 24.3 Å². The number of methoxy groups -OCH3 is 1. The summed E-state index contributed by atoms with van der Waals surface area (Å²) in [6.45, 7) is 0.190. The second-order valence-corrected chi connectivity index (χ2v) is 7.05. The molecule has 0 aromatic heterocycles. The number of sulfone groups is 1. The molecule has 1 atom stereocenters. The van der Waals surface area contributed by atoms with Crippen LogP contribution in [0.5, 0.6) is 5.75 Å². The summed E-state index contributed by atoms with van der Waals surface area (Å²) < 4.78 is 28.4. The Kier molecular flexibility index (Phi) is 4.12. The molecule has 1 N–H and O–H groups in total. The van der Waals surface area contributed by atoms with Crippen molar-refractivity contribution in [3.8, 4) is 5.75 Å². The first-order valence-corrected chi connectivity index (χ1v) is 7.93. The van der Waals surface area contributed by atoms with E-state index in [-0.39, 0.29) is 18.0 Å². The summed E-state index contributed by atoms with van der Waals surface area (Å²) in [5.74, 6) is 0.583. The summed E-state index contributed by atoms with van der Waals surface area (Å²) in [5, 5.41) is 13.4. The fraction of sp³-hybridized carbons (Fsp3) is 0.500. The van der Waals surface area contributed by atoms with Crippen molar-refractivity contribution in [2.75, 3.05) is 24.7 Å². The van der Waals surface area contributed by atoms with Crippen molar-refractivity contribution in [1.82, 2.24) is 0 Å². The molecule has 1 unspecified atom stereocenters. The third-order valence-electron chi connectivity index (χ3n) is 3.38. The van der Waals surface area contributed by atoms with Crippen LogP contribution in [0.15, 0.2) is 18.2 Å². The van der Waals surface area contributed by atoms with Gasteiger partial charge in [-0.3, -0.25) is 10.1 Å². The van der Waals surface area contributed by atoms with Gasteiger partial charge in [-0.1, -0.05) is 0 Å². The van der Waals surface area contributed by atoms with Crippen LogP contribution >= 0.6 is 0 Å². The molecular formula is C12H16N2O5S. The third kappa shape index (κ3) is 3.01. The first kappa shape index (κ1) is 14.6. The van der Waals surface area contributed by atoms with Crippen molar-refractivity contribution in [2.24, 2.45) is 0 Å². The molecule has 110 valence electrons. The van der Waals surface area contributed by atoms with E-state index in [4.69, 9.17) is 4.74 Å². The molecule has 0 spiro atoms. The molecule has 20 heavy (non-hydrogen) atoms. The number of ether oxygens (including phenoxy) is 1. The van der Waals surface area contributed by atoms with Gasteiger partial charge in [0.1, 0.15) is 11.4 Å². The van der Waals surface area contributed by atoms with E-state index in [2.05, 4.69) is 5.32 Å². The van der Waals surface area contributed by atoms with Gasteiger partial charge < -0.3 is 10.1 Å². The molecule has 1 saturated heterocycles. The van der Waals surface area contributed by atoms with Gasteiger partial charge in [0.2, 0.25) is 0 Å². The standard InChI is InChI=1S/C12H16N2O5S/c1-19-9-4-5-11(12(7-9)14(15)16)13-8-10-3-2-6-20(10,17)18/h4-5,7,10,13H,2-3,6,8H2,1H3. The Labute approximate surface area is 117 Å². The molecule has 7 nitrogen and oxygen atoms in total. The van der Waals surface area contributed by atoms with Crippen LogP contribution in [-0.4, -0.2) is 38.0 Å². The van der Waals surface area contributed by atoms with Crippen molar-refractivity contribution in [2.45, 2.75) is 18.1 Å². The number of rotatable bonds is 5. The molecule has 0 radical (unpaired) electrons. The van der Waals surface area contributed by atoms with E-state index >= 15 is 0 Å². The Morgan fingerprint density at radius 3 is 2.80 bits per heavy atom. The fourth-order valence-corrected chi connectivity index (χ4v) is 4.02. The average Bonchev–Trinajstić information content (AvgIpc) is 2.75. The monoisotopic (exact) mass is 300 g/mol. The molecule has 1 aromatic carbocycles. The summed E-state index contributed by atoms with van der Waals surface area (Å²) >= 11 is 0. The van der Waals surface area contributed by atoms with Crippen LogP contribution in [-0.2, 0) is 9.84 Å². The minimum atomic E-state index is -3.06. The maximum Gasteiger partial charge on any atom is 0.296 e. The summed E-state index contributed by atoms with van der Waals surface area (Å²) in [6, 6.07) is 4.43. The van der Waals surface area contributed by atoms with Gasteiger partial charge in [0.25, 0.3) is 5.69 Å². The molecule has 8 heteroatoms. The van der Waals surface area contributed by atoms with Gasteiger partial charge in [0.05, 0.1) is 29.1 Å². The topological polar surface area (TPSA) is 98.5 Å². The van der Waals surface area contributed by atoms with E-state index in [1.165, 1.54) is 19.2 Å². The maximum atomic E-state index is 11.7. The number of hydrogen-bond donors (Lipinski definition) is 1. The first-order chi connectivity index (χ1) is 9.44. The third-order valence-corrected chi connectivity index (χ3v) is 5.66. The number of nitro benzene ring substituents is 1. The van der Waals surface area contributed by atoms with Gasteiger partial charge in [-0.15, -0.1) is 0 Å². The van der Waals surface area contributed by atoms with E-state index in [1.807, 2.05) is 0 Å². The van der Waals surface area contributed by atoms with Crippen molar-refractivity contribution in [3.63, 3.8) is 0 Å². The van der Waals surface area contributed by atoms with Gasteiger partial charge in [0, 0.05) is 6.54 Å². The summed E-state index contributed by atoms with van der Waals surface area (Å²) in [7, 11) is -1.63. The van der Waals surface area contributed by atoms with Crippen LogP contribution in [0.4, 0.5) is 11.4 Å². The lowest BCUT2D eigenvalue weighted by atomic mass is 10.2. The molecule has 0 amide bonds. The Hall–Kier alpha value is -1.83. The zero-order valence-corrected chi connectivity index (χ0v) is 11.9. The Balaban J connectivity index is 2.15. The van der Waals surface area contributed by atoms with Crippen molar-refractivity contribution in [1.29, 1.82) is 0 Å². The smallest absolute Gasteiger partial charge is 0.296 e. The van der Waals surface area contributed by atoms with Gasteiger partial charge in [-0.25, -0.2) is 8.42 Å². The lowest BCUT2D eigenvalue weighted by Gasteiger charge is -2.12. The molecule has 2 rings (SSSR count).